The number of aromatic nitrogens is 4. The molecule has 9 heteroatoms. The standard InChI is InChI=1S/C22H22N6O2S/c29-21(15-7-8-18-19(13-15)26-31-25-18)23-14-20-16-5-1-2-6-17(16)22(30)28(24-20)12-11-27-9-3-4-10-27/h1-2,5-8,13H,3-4,9-12,14H2,(H,23,29). The zero-order chi connectivity index (χ0) is 21.2. The van der Waals surface area contributed by atoms with Gasteiger partial charge in [-0.15, -0.1) is 0 Å². The zero-order valence-corrected chi connectivity index (χ0v) is 17.8. The molecule has 4 aromatic rings. The van der Waals surface area contributed by atoms with Crippen molar-refractivity contribution >= 4 is 39.4 Å². The molecule has 1 aliphatic heterocycles. The Morgan fingerprint density at radius 1 is 1.00 bits per heavy atom. The second-order valence-corrected chi connectivity index (χ2v) is 8.25. The lowest BCUT2D eigenvalue weighted by atomic mass is 10.1. The average Bonchev–Trinajstić information content (AvgIpc) is 3.49. The maximum absolute atomic E-state index is 12.9. The van der Waals surface area contributed by atoms with E-state index in [1.807, 2.05) is 24.3 Å². The summed E-state index contributed by atoms with van der Waals surface area (Å²) in [4.78, 5) is 28.0. The van der Waals surface area contributed by atoms with E-state index in [1.54, 1.807) is 18.2 Å². The minimum absolute atomic E-state index is 0.0913. The van der Waals surface area contributed by atoms with Gasteiger partial charge in [0.25, 0.3) is 11.5 Å². The molecule has 0 atom stereocenters. The van der Waals surface area contributed by atoms with Crippen LogP contribution in [0, 0.1) is 0 Å². The molecule has 2 aromatic carbocycles. The summed E-state index contributed by atoms with van der Waals surface area (Å²) in [5.41, 5.74) is 2.59. The van der Waals surface area contributed by atoms with Gasteiger partial charge in [0.15, 0.2) is 0 Å². The van der Waals surface area contributed by atoms with E-state index in [9.17, 15) is 9.59 Å². The highest BCUT2D eigenvalue weighted by Gasteiger charge is 2.15. The van der Waals surface area contributed by atoms with Crippen molar-refractivity contribution in [3.05, 3.63) is 64.1 Å². The van der Waals surface area contributed by atoms with Crippen LogP contribution in [0.2, 0.25) is 0 Å². The van der Waals surface area contributed by atoms with E-state index in [1.165, 1.54) is 17.5 Å². The molecule has 0 bridgehead atoms. The number of nitrogens with one attached hydrogen (secondary N) is 1. The predicted octanol–water partition coefficient (Wildman–Crippen LogP) is 2.43. The molecule has 0 unspecified atom stereocenters. The predicted molar refractivity (Wildman–Crippen MR) is 120 cm³/mol. The topological polar surface area (TPSA) is 93.0 Å². The molecule has 31 heavy (non-hydrogen) atoms. The van der Waals surface area contributed by atoms with Gasteiger partial charge in [-0.3, -0.25) is 9.59 Å². The van der Waals surface area contributed by atoms with Gasteiger partial charge in [-0.25, -0.2) is 4.68 Å². The average molecular weight is 435 g/mol. The fourth-order valence-electron chi connectivity index (χ4n) is 4.02. The molecule has 1 amide bonds. The number of hydrogen-bond donors (Lipinski definition) is 1. The Kier molecular flexibility index (Phi) is 5.44. The van der Waals surface area contributed by atoms with Crippen molar-refractivity contribution in [3.8, 4) is 0 Å². The van der Waals surface area contributed by atoms with Crippen LogP contribution in [-0.2, 0) is 13.1 Å². The van der Waals surface area contributed by atoms with Crippen LogP contribution < -0.4 is 10.9 Å². The van der Waals surface area contributed by atoms with Crippen molar-refractivity contribution in [1.29, 1.82) is 0 Å². The zero-order valence-electron chi connectivity index (χ0n) is 17.0. The third kappa shape index (κ3) is 4.06. The van der Waals surface area contributed by atoms with Crippen LogP contribution in [0.5, 0.6) is 0 Å². The monoisotopic (exact) mass is 434 g/mol. The molecule has 0 aliphatic carbocycles. The number of carbonyl (C=O) groups is 1. The molecular formula is C22H22N6O2S. The Morgan fingerprint density at radius 3 is 2.61 bits per heavy atom. The Hall–Kier alpha value is -3.17. The second-order valence-electron chi connectivity index (χ2n) is 7.72. The highest BCUT2D eigenvalue weighted by Crippen LogP contribution is 2.16. The van der Waals surface area contributed by atoms with Crippen molar-refractivity contribution in [1.82, 2.24) is 28.7 Å². The van der Waals surface area contributed by atoms with E-state index < -0.39 is 0 Å². The van der Waals surface area contributed by atoms with Gasteiger partial charge >= 0.3 is 0 Å². The van der Waals surface area contributed by atoms with E-state index >= 15 is 0 Å². The van der Waals surface area contributed by atoms with Gasteiger partial charge in [-0.2, -0.15) is 13.8 Å². The van der Waals surface area contributed by atoms with E-state index in [2.05, 4.69) is 24.1 Å². The molecule has 3 heterocycles. The number of rotatable bonds is 6. The first-order valence-corrected chi connectivity index (χ1v) is 11.1. The maximum Gasteiger partial charge on any atom is 0.274 e. The minimum atomic E-state index is -0.212. The van der Waals surface area contributed by atoms with Crippen LogP contribution in [0.4, 0.5) is 0 Å². The number of benzene rings is 2. The molecule has 0 saturated carbocycles. The summed E-state index contributed by atoms with van der Waals surface area (Å²) in [6.45, 7) is 3.72. The van der Waals surface area contributed by atoms with Crippen LogP contribution >= 0.6 is 11.7 Å². The van der Waals surface area contributed by atoms with Crippen molar-refractivity contribution in [2.45, 2.75) is 25.9 Å². The number of likely N-dealkylation sites (tertiary alicyclic amines) is 1. The molecule has 0 radical (unpaired) electrons. The largest absolute Gasteiger partial charge is 0.346 e. The van der Waals surface area contributed by atoms with Gasteiger partial charge in [-0.1, -0.05) is 18.2 Å². The second kappa shape index (κ2) is 8.52. The highest BCUT2D eigenvalue weighted by atomic mass is 32.1. The van der Waals surface area contributed by atoms with Crippen LogP contribution in [-0.4, -0.2) is 49.0 Å². The lowest BCUT2D eigenvalue weighted by Crippen LogP contribution is -2.32. The van der Waals surface area contributed by atoms with E-state index in [4.69, 9.17) is 0 Å². The molecule has 5 rings (SSSR count). The molecule has 0 spiro atoms. The van der Waals surface area contributed by atoms with Gasteiger partial charge in [0, 0.05) is 17.5 Å². The van der Waals surface area contributed by atoms with Crippen molar-refractivity contribution in [3.63, 3.8) is 0 Å². The van der Waals surface area contributed by atoms with Crippen molar-refractivity contribution < 1.29 is 4.79 Å². The third-order valence-electron chi connectivity index (χ3n) is 5.70. The highest BCUT2D eigenvalue weighted by molar-refractivity contribution is 7.00. The van der Waals surface area contributed by atoms with Gasteiger partial charge in [0.1, 0.15) is 11.0 Å². The Morgan fingerprint density at radius 2 is 1.77 bits per heavy atom. The van der Waals surface area contributed by atoms with Gasteiger partial charge in [0.05, 0.1) is 35.9 Å². The van der Waals surface area contributed by atoms with Gasteiger partial charge < -0.3 is 10.2 Å². The summed E-state index contributed by atoms with van der Waals surface area (Å²) in [6.07, 6.45) is 2.42. The summed E-state index contributed by atoms with van der Waals surface area (Å²) < 4.78 is 9.89. The lowest BCUT2D eigenvalue weighted by Gasteiger charge is -2.16. The van der Waals surface area contributed by atoms with E-state index in [0.29, 0.717) is 28.7 Å². The Labute approximate surface area is 182 Å². The number of fused-ring (bicyclic) bond motifs is 2. The molecule has 1 fully saturated rings. The Bertz CT molecular complexity index is 1310. The summed E-state index contributed by atoms with van der Waals surface area (Å²) in [6, 6.07) is 12.7. The molecule has 1 saturated heterocycles. The number of hydrogen-bond acceptors (Lipinski definition) is 7. The number of amides is 1. The SMILES string of the molecule is O=C(NCc1nn(CCN2CCCC2)c(=O)c2ccccc12)c1ccc2nsnc2c1. The van der Waals surface area contributed by atoms with Crippen LogP contribution in [0.1, 0.15) is 28.9 Å². The van der Waals surface area contributed by atoms with Gasteiger partial charge in [0.2, 0.25) is 0 Å². The summed E-state index contributed by atoms with van der Waals surface area (Å²) >= 11 is 1.12. The fraction of sp³-hybridized carbons (Fsp3) is 0.318. The normalized spacial score (nSPS) is 14.5. The van der Waals surface area contributed by atoms with E-state index in [-0.39, 0.29) is 18.0 Å². The van der Waals surface area contributed by atoms with Crippen LogP contribution in [0.15, 0.2) is 47.3 Å². The van der Waals surface area contributed by atoms with E-state index in [0.717, 1.165) is 42.3 Å². The van der Waals surface area contributed by atoms with Gasteiger partial charge in [-0.05, 0) is 50.2 Å². The molecule has 158 valence electrons. The summed E-state index contributed by atoms with van der Waals surface area (Å²) in [5, 5.41) is 8.94. The first kappa shape index (κ1) is 19.8. The fourth-order valence-corrected chi connectivity index (χ4v) is 4.54. The summed E-state index contributed by atoms with van der Waals surface area (Å²) in [5.74, 6) is -0.212. The van der Waals surface area contributed by atoms with Crippen molar-refractivity contribution in [2.75, 3.05) is 19.6 Å². The maximum atomic E-state index is 12.9. The molecule has 8 nitrogen and oxygen atoms in total. The Balaban J connectivity index is 1.39. The molecule has 1 N–H and O–H groups in total. The quantitative estimate of drug-likeness (QED) is 0.501. The molecular weight excluding hydrogens is 412 g/mol. The van der Waals surface area contributed by atoms with Crippen LogP contribution in [0.25, 0.3) is 21.8 Å². The first-order valence-electron chi connectivity index (χ1n) is 10.4. The van der Waals surface area contributed by atoms with Crippen molar-refractivity contribution in [2.24, 2.45) is 0 Å². The van der Waals surface area contributed by atoms with Crippen LogP contribution in [0.3, 0.4) is 0 Å². The number of carbonyl (C=O) groups excluding carboxylic acids is 1. The minimum Gasteiger partial charge on any atom is -0.346 e. The number of nitrogens with zero attached hydrogens (tertiary/aromatic N) is 5. The third-order valence-corrected chi connectivity index (χ3v) is 6.26. The lowest BCUT2D eigenvalue weighted by molar-refractivity contribution is 0.0950. The molecule has 2 aromatic heterocycles. The smallest absolute Gasteiger partial charge is 0.274 e. The molecule has 1 aliphatic rings. The summed E-state index contributed by atoms with van der Waals surface area (Å²) in [7, 11) is 0. The first-order chi connectivity index (χ1) is 15.2.